The third-order valence-electron chi connectivity index (χ3n) is 4.91. The number of nitrogens with zero attached hydrogens (tertiary/aromatic N) is 4. The molecular weight excluding hydrogens is 356 g/mol. The van der Waals surface area contributed by atoms with Crippen molar-refractivity contribution in [3.63, 3.8) is 0 Å². The second kappa shape index (κ2) is 8.43. The summed E-state index contributed by atoms with van der Waals surface area (Å²) in [4.78, 5) is 13.6. The van der Waals surface area contributed by atoms with Gasteiger partial charge in [0.1, 0.15) is 5.75 Å². The van der Waals surface area contributed by atoms with E-state index in [2.05, 4.69) is 25.6 Å². The average Bonchev–Trinajstić information content (AvgIpc) is 3.10. The van der Waals surface area contributed by atoms with Crippen LogP contribution < -0.4 is 10.6 Å². The molecule has 0 aliphatic heterocycles. The Bertz CT molecular complexity index is 953. The fraction of sp³-hybridized carbons (Fsp3) is 0.450. The van der Waals surface area contributed by atoms with Crippen molar-refractivity contribution in [3.05, 3.63) is 35.7 Å². The predicted molar refractivity (Wildman–Crippen MR) is 111 cm³/mol. The van der Waals surface area contributed by atoms with Crippen LogP contribution in [0.15, 0.2) is 24.5 Å². The molecule has 0 amide bonds. The zero-order valence-electron chi connectivity index (χ0n) is 16.8. The Morgan fingerprint density at radius 3 is 2.68 bits per heavy atom. The molecule has 8 nitrogen and oxygen atoms in total. The zero-order valence-corrected chi connectivity index (χ0v) is 16.8. The molecule has 0 radical (unpaired) electrons. The highest BCUT2D eigenvalue weighted by Gasteiger charge is 2.18. The number of phenols is 1. The Kier molecular flexibility index (Phi) is 5.99. The molecule has 28 heavy (non-hydrogen) atoms. The number of aliphatic hydroxyl groups excluding tert-OH is 1. The van der Waals surface area contributed by atoms with Crippen LogP contribution in [0.3, 0.4) is 0 Å². The maximum atomic E-state index is 10.3. The summed E-state index contributed by atoms with van der Waals surface area (Å²) >= 11 is 0. The number of para-hydroxylation sites is 1. The normalized spacial score (nSPS) is 13.5. The van der Waals surface area contributed by atoms with Crippen molar-refractivity contribution in [1.29, 1.82) is 0 Å². The molecule has 3 rings (SSSR count). The standard InChI is InChI=1S/C20H28N6O2/c1-5-15(13(4)27)23-20-24-18(16-19(25-20)26(6-2)11-22-16)21-10-14-9-7-8-12(3)17(14)28/h7-9,11,13,15,27-28H,5-6,10H2,1-4H3,(H2,21,23,24,25). The second-order valence-electron chi connectivity index (χ2n) is 6.93. The van der Waals surface area contributed by atoms with Crippen LogP contribution in [0.1, 0.15) is 38.3 Å². The molecule has 0 bridgehead atoms. The Morgan fingerprint density at radius 1 is 1.21 bits per heavy atom. The van der Waals surface area contributed by atoms with E-state index in [1.165, 1.54) is 0 Å². The summed E-state index contributed by atoms with van der Waals surface area (Å²) < 4.78 is 1.95. The van der Waals surface area contributed by atoms with Gasteiger partial charge in [0, 0.05) is 18.7 Å². The van der Waals surface area contributed by atoms with E-state index in [9.17, 15) is 10.2 Å². The van der Waals surface area contributed by atoms with Crippen LogP contribution in [0.2, 0.25) is 0 Å². The van der Waals surface area contributed by atoms with E-state index < -0.39 is 6.10 Å². The first-order valence-corrected chi connectivity index (χ1v) is 9.63. The first-order chi connectivity index (χ1) is 13.4. The predicted octanol–water partition coefficient (Wildman–Crippen LogP) is 3.04. The van der Waals surface area contributed by atoms with Crippen LogP contribution in [-0.2, 0) is 13.1 Å². The van der Waals surface area contributed by atoms with Gasteiger partial charge in [-0.15, -0.1) is 0 Å². The molecule has 4 N–H and O–H groups in total. The minimum atomic E-state index is -0.527. The number of hydrogen-bond donors (Lipinski definition) is 4. The van der Waals surface area contributed by atoms with Gasteiger partial charge >= 0.3 is 0 Å². The van der Waals surface area contributed by atoms with Crippen LogP contribution in [0.5, 0.6) is 5.75 Å². The van der Waals surface area contributed by atoms with Crippen LogP contribution in [0, 0.1) is 6.92 Å². The summed E-state index contributed by atoms with van der Waals surface area (Å²) in [6.45, 7) is 8.78. The van der Waals surface area contributed by atoms with Gasteiger partial charge in [0.2, 0.25) is 5.95 Å². The minimum absolute atomic E-state index is 0.149. The SMILES string of the molecule is CCC(Nc1nc(NCc2cccc(C)c2O)c2ncn(CC)c2n1)C(C)O. The molecule has 3 aromatic rings. The molecule has 150 valence electrons. The van der Waals surface area contributed by atoms with Gasteiger partial charge in [0.05, 0.1) is 18.5 Å². The summed E-state index contributed by atoms with van der Waals surface area (Å²) in [7, 11) is 0. The minimum Gasteiger partial charge on any atom is -0.507 e. The molecule has 0 aliphatic rings. The van der Waals surface area contributed by atoms with Crippen molar-refractivity contribution in [3.8, 4) is 5.75 Å². The van der Waals surface area contributed by atoms with Crippen LogP contribution in [-0.4, -0.2) is 41.9 Å². The zero-order chi connectivity index (χ0) is 20.3. The Balaban J connectivity index is 1.95. The molecule has 2 heterocycles. The maximum absolute atomic E-state index is 10.3. The lowest BCUT2D eigenvalue weighted by Gasteiger charge is -2.20. The monoisotopic (exact) mass is 384 g/mol. The van der Waals surface area contributed by atoms with Gasteiger partial charge in [-0.2, -0.15) is 9.97 Å². The number of aliphatic hydroxyl groups is 1. The number of phenolic OH excluding ortho intramolecular Hbond substituents is 1. The van der Waals surface area contributed by atoms with E-state index >= 15 is 0 Å². The molecule has 8 heteroatoms. The number of hydrogen-bond acceptors (Lipinski definition) is 7. The Morgan fingerprint density at radius 2 is 2.00 bits per heavy atom. The fourth-order valence-corrected chi connectivity index (χ4v) is 3.13. The lowest BCUT2D eigenvalue weighted by atomic mass is 10.1. The Hall–Kier alpha value is -2.87. The second-order valence-corrected chi connectivity index (χ2v) is 6.93. The van der Waals surface area contributed by atoms with Crippen LogP contribution in [0.4, 0.5) is 11.8 Å². The van der Waals surface area contributed by atoms with Crippen LogP contribution in [0.25, 0.3) is 11.2 Å². The third kappa shape index (κ3) is 4.01. The molecular formula is C20H28N6O2. The number of imidazole rings is 1. The van der Waals surface area contributed by atoms with Crippen molar-refractivity contribution in [1.82, 2.24) is 19.5 Å². The number of nitrogens with one attached hydrogen (secondary N) is 2. The smallest absolute Gasteiger partial charge is 0.227 e. The first kappa shape index (κ1) is 19.9. The number of benzene rings is 1. The number of aromatic hydroxyl groups is 1. The average molecular weight is 384 g/mol. The lowest BCUT2D eigenvalue weighted by Crippen LogP contribution is -2.31. The van der Waals surface area contributed by atoms with E-state index in [0.29, 0.717) is 23.8 Å². The largest absolute Gasteiger partial charge is 0.507 e. The molecule has 0 fully saturated rings. The summed E-state index contributed by atoms with van der Waals surface area (Å²) in [5.41, 5.74) is 3.00. The summed E-state index contributed by atoms with van der Waals surface area (Å²) in [6, 6.07) is 5.50. The van der Waals surface area contributed by atoms with E-state index in [4.69, 9.17) is 0 Å². The number of aromatic nitrogens is 4. The molecule has 2 aromatic heterocycles. The van der Waals surface area contributed by atoms with Crippen molar-refractivity contribution in [2.75, 3.05) is 10.6 Å². The quantitative estimate of drug-likeness (QED) is 0.473. The summed E-state index contributed by atoms with van der Waals surface area (Å²) in [5.74, 6) is 1.30. The topological polar surface area (TPSA) is 108 Å². The number of fused-ring (bicyclic) bond motifs is 1. The molecule has 2 unspecified atom stereocenters. The van der Waals surface area contributed by atoms with Gasteiger partial charge in [-0.05, 0) is 32.8 Å². The van der Waals surface area contributed by atoms with Gasteiger partial charge in [0.15, 0.2) is 17.0 Å². The highest BCUT2D eigenvalue weighted by Crippen LogP contribution is 2.25. The maximum Gasteiger partial charge on any atom is 0.227 e. The van der Waals surface area contributed by atoms with Gasteiger partial charge < -0.3 is 25.4 Å². The highest BCUT2D eigenvalue weighted by atomic mass is 16.3. The molecule has 0 saturated heterocycles. The fourth-order valence-electron chi connectivity index (χ4n) is 3.13. The van der Waals surface area contributed by atoms with Crippen LogP contribution >= 0.6 is 0 Å². The molecule has 1 aromatic carbocycles. The van der Waals surface area contributed by atoms with Crippen molar-refractivity contribution in [2.45, 2.75) is 59.4 Å². The van der Waals surface area contributed by atoms with Gasteiger partial charge in [-0.1, -0.05) is 25.1 Å². The van der Waals surface area contributed by atoms with Crippen molar-refractivity contribution in [2.24, 2.45) is 0 Å². The van der Waals surface area contributed by atoms with Gasteiger partial charge in [0.25, 0.3) is 0 Å². The van der Waals surface area contributed by atoms with Gasteiger partial charge in [-0.3, -0.25) is 0 Å². The summed E-state index contributed by atoms with van der Waals surface area (Å²) in [6.07, 6.45) is 1.96. The molecule has 0 spiro atoms. The summed E-state index contributed by atoms with van der Waals surface area (Å²) in [5, 5.41) is 26.7. The van der Waals surface area contributed by atoms with Gasteiger partial charge in [-0.25, -0.2) is 4.98 Å². The number of aryl methyl sites for hydroxylation is 2. The van der Waals surface area contributed by atoms with E-state index in [1.807, 2.05) is 43.5 Å². The number of anilines is 2. The molecule has 2 atom stereocenters. The first-order valence-electron chi connectivity index (χ1n) is 9.63. The van der Waals surface area contributed by atoms with E-state index in [1.54, 1.807) is 13.3 Å². The highest BCUT2D eigenvalue weighted by molar-refractivity contribution is 5.84. The van der Waals surface area contributed by atoms with Crippen molar-refractivity contribution >= 4 is 22.9 Å². The Labute approximate surface area is 164 Å². The lowest BCUT2D eigenvalue weighted by molar-refractivity contribution is 0.169. The van der Waals surface area contributed by atoms with Crippen molar-refractivity contribution < 1.29 is 10.2 Å². The molecule has 0 aliphatic carbocycles. The number of rotatable bonds is 8. The van der Waals surface area contributed by atoms with E-state index in [-0.39, 0.29) is 11.8 Å². The van der Waals surface area contributed by atoms with E-state index in [0.717, 1.165) is 29.7 Å². The molecule has 0 saturated carbocycles. The third-order valence-corrected chi connectivity index (χ3v) is 4.91.